The summed E-state index contributed by atoms with van der Waals surface area (Å²) in [5.74, 6) is -0.565. The number of carbonyl (C=O) groups is 1. The van der Waals surface area contributed by atoms with Crippen LogP contribution in [0.15, 0.2) is 48.6 Å². The van der Waals surface area contributed by atoms with Crippen molar-refractivity contribution in [3.63, 3.8) is 0 Å². The number of benzene rings is 1. The molecule has 0 saturated carbocycles. The summed E-state index contributed by atoms with van der Waals surface area (Å²) in [5.41, 5.74) is 1.34. The second-order valence-corrected chi connectivity index (χ2v) is 4.06. The molecule has 0 aliphatic heterocycles. The lowest BCUT2D eigenvalue weighted by atomic mass is 10.1. The maximum Gasteiger partial charge on any atom is 0.333 e. The Kier molecular flexibility index (Phi) is 6.57. The molecule has 0 aromatic heterocycles. The summed E-state index contributed by atoms with van der Waals surface area (Å²) in [4.78, 5) is 11.5. The van der Waals surface area contributed by atoms with Gasteiger partial charge in [-0.15, -0.1) is 0 Å². The highest BCUT2D eigenvalue weighted by Crippen LogP contribution is 2.07. The number of ether oxygens (including phenoxy) is 1. The van der Waals surface area contributed by atoms with Crippen LogP contribution in [0.3, 0.4) is 0 Å². The second kappa shape index (κ2) is 8.24. The highest BCUT2D eigenvalue weighted by Gasteiger charge is 2.10. The normalized spacial score (nSPS) is 12.3. The van der Waals surface area contributed by atoms with Crippen LogP contribution in [0.1, 0.15) is 12.0 Å². The molecule has 1 aromatic carbocycles. The lowest BCUT2D eigenvalue weighted by molar-refractivity contribution is -0.142. The fourth-order valence-electron chi connectivity index (χ4n) is 1.31. The van der Waals surface area contributed by atoms with E-state index < -0.39 is 18.7 Å². The third-order valence-electron chi connectivity index (χ3n) is 2.38. The third-order valence-corrected chi connectivity index (χ3v) is 2.38. The molecule has 19 heavy (non-hydrogen) atoms. The zero-order valence-electron chi connectivity index (χ0n) is 10.7. The Morgan fingerprint density at radius 2 is 2.05 bits per heavy atom. The van der Waals surface area contributed by atoms with Crippen LogP contribution in [0, 0.1) is 0 Å². The van der Waals surface area contributed by atoms with Crippen LogP contribution in [0.4, 0.5) is 0 Å². The summed E-state index contributed by atoms with van der Waals surface area (Å²) in [6.45, 7) is 2.96. The predicted octanol–water partition coefficient (Wildman–Crippen LogP) is 1.54. The largest absolute Gasteiger partial charge is 0.459 e. The van der Waals surface area contributed by atoms with Gasteiger partial charge >= 0.3 is 5.97 Å². The molecule has 0 heterocycles. The smallest absolute Gasteiger partial charge is 0.333 e. The number of hydrogen-bond acceptors (Lipinski definition) is 4. The Morgan fingerprint density at radius 1 is 1.37 bits per heavy atom. The summed E-state index contributed by atoms with van der Waals surface area (Å²) < 4.78 is 4.78. The van der Waals surface area contributed by atoms with Gasteiger partial charge in [-0.05, 0) is 12.0 Å². The van der Waals surface area contributed by atoms with Crippen molar-refractivity contribution in [2.45, 2.75) is 12.5 Å². The fraction of sp³-hybridized carbons (Fsp3) is 0.267. The first-order chi connectivity index (χ1) is 9.13. The standard InChI is InChI=1S/C15H18O4/c1-12(15(18)19-11-14(17)10-16)6-5-9-13-7-3-2-4-8-13/h2-5,7-9,14,16-17H,1,6,10-11H2. The van der Waals surface area contributed by atoms with Gasteiger partial charge in [-0.1, -0.05) is 49.1 Å². The van der Waals surface area contributed by atoms with Gasteiger partial charge in [-0.3, -0.25) is 0 Å². The van der Waals surface area contributed by atoms with E-state index in [0.717, 1.165) is 5.56 Å². The van der Waals surface area contributed by atoms with Crippen LogP contribution >= 0.6 is 0 Å². The first kappa shape index (κ1) is 15.1. The van der Waals surface area contributed by atoms with E-state index in [0.29, 0.717) is 12.0 Å². The summed E-state index contributed by atoms with van der Waals surface area (Å²) in [7, 11) is 0. The van der Waals surface area contributed by atoms with Crippen LogP contribution in [-0.2, 0) is 9.53 Å². The number of rotatable bonds is 7. The summed E-state index contributed by atoms with van der Waals surface area (Å²) in [5, 5.41) is 17.6. The molecule has 1 aromatic rings. The Morgan fingerprint density at radius 3 is 2.68 bits per heavy atom. The van der Waals surface area contributed by atoms with E-state index in [1.807, 2.05) is 42.5 Å². The summed E-state index contributed by atoms with van der Waals surface area (Å²) in [6, 6.07) is 9.70. The molecule has 0 radical (unpaired) electrons. The van der Waals surface area contributed by atoms with Crippen molar-refractivity contribution in [2.75, 3.05) is 13.2 Å². The van der Waals surface area contributed by atoms with Gasteiger partial charge in [0.1, 0.15) is 12.7 Å². The predicted molar refractivity (Wildman–Crippen MR) is 73.3 cm³/mol. The minimum atomic E-state index is -1.04. The molecule has 0 spiro atoms. The molecule has 1 atom stereocenters. The third kappa shape index (κ3) is 5.99. The number of esters is 1. The zero-order valence-corrected chi connectivity index (χ0v) is 10.7. The molecule has 4 nitrogen and oxygen atoms in total. The van der Waals surface area contributed by atoms with E-state index in [2.05, 4.69) is 6.58 Å². The van der Waals surface area contributed by atoms with Gasteiger partial charge < -0.3 is 14.9 Å². The number of hydrogen-bond donors (Lipinski definition) is 2. The van der Waals surface area contributed by atoms with Gasteiger partial charge in [0.25, 0.3) is 0 Å². The van der Waals surface area contributed by atoms with E-state index in [1.54, 1.807) is 0 Å². The van der Waals surface area contributed by atoms with Crippen molar-refractivity contribution < 1.29 is 19.7 Å². The van der Waals surface area contributed by atoms with Crippen LogP contribution in [0.25, 0.3) is 6.08 Å². The van der Waals surface area contributed by atoms with Crippen LogP contribution in [0.2, 0.25) is 0 Å². The van der Waals surface area contributed by atoms with E-state index in [1.165, 1.54) is 0 Å². The topological polar surface area (TPSA) is 66.8 Å². The summed E-state index contributed by atoms with van der Waals surface area (Å²) >= 11 is 0. The molecule has 0 aliphatic carbocycles. The van der Waals surface area contributed by atoms with Gasteiger partial charge in [0, 0.05) is 5.57 Å². The Hall–Kier alpha value is -1.91. The van der Waals surface area contributed by atoms with Gasteiger partial charge in [0.2, 0.25) is 0 Å². The van der Waals surface area contributed by atoms with Crippen LogP contribution < -0.4 is 0 Å². The van der Waals surface area contributed by atoms with E-state index in [4.69, 9.17) is 14.9 Å². The molecule has 0 fully saturated rings. The summed E-state index contributed by atoms with van der Waals surface area (Å²) in [6.07, 6.45) is 3.04. The molecule has 102 valence electrons. The van der Waals surface area contributed by atoms with Gasteiger partial charge in [0.05, 0.1) is 6.61 Å². The van der Waals surface area contributed by atoms with Crippen LogP contribution in [-0.4, -0.2) is 35.5 Å². The van der Waals surface area contributed by atoms with Gasteiger partial charge in [-0.2, -0.15) is 0 Å². The van der Waals surface area contributed by atoms with Crippen molar-refractivity contribution in [3.05, 3.63) is 54.1 Å². The molecule has 0 bridgehead atoms. The SMILES string of the molecule is C=C(CC=Cc1ccccc1)C(=O)OCC(O)CO. The molecule has 4 heteroatoms. The monoisotopic (exact) mass is 262 g/mol. The molecule has 1 rings (SSSR count). The van der Waals surface area contributed by atoms with E-state index in [-0.39, 0.29) is 6.61 Å². The Labute approximate surface area is 112 Å². The highest BCUT2D eigenvalue weighted by atomic mass is 16.5. The minimum absolute atomic E-state index is 0.225. The van der Waals surface area contributed by atoms with Gasteiger partial charge in [0.15, 0.2) is 0 Å². The van der Waals surface area contributed by atoms with E-state index in [9.17, 15) is 4.79 Å². The zero-order chi connectivity index (χ0) is 14.1. The molecular formula is C15H18O4. The average molecular weight is 262 g/mol. The average Bonchev–Trinajstić information content (AvgIpc) is 2.45. The Bertz CT molecular complexity index is 437. The van der Waals surface area contributed by atoms with Crippen molar-refractivity contribution in [1.82, 2.24) is 0 Å². The first-order valence-electron chi connectivity index (χ1n) is 5.99. The number of aliphatic hydroxyl groups is 2. The lowest BCUT2D eigenvalue weighted by Gasteiger charge is -2.08. The Balaban J connectivity index is 2.35. The maximum atomic E-state index is 11.5. The highest BCUT2D eigenvalue weighted by molar-refractivity contribution is 5.88. The molecular weight excluding hydrogens is 244 g/mol. The fourth-order valence-corrected chi connectivity index (χ4v) is 1.31. The first-order valence-corrected chi connectivity index (χ1v) is 5.99. The van der Waals surface area contributed by atoms with Crippen molar-refractivity contribution in [1.29, 1.82) is 0 Å². The quantitative estimate of drug-likeness (QED) is 0.578. The van der Waals surface area contributed by atoms with E-state index >= 15 is 0 Å². The minimum Gasteiger partial charge on any atom is -0.459 e. The molecule has 0 amide bonds. The van der Waals surface area contributed by atoms with Crippen molar-refractivity contribution >= 4 is 12.0 Å². The maximum absolute atomic E-state index is 11.5. The van der Waals surface area contributed by atoms with Crippen molar-refractivity contribution in [3.8, 4) is 0 Å². The molecule has 2 N–H and O–H groups in total. The number of aliphatic hydroxyl groups excluding tert-OH is 2. The number of carbonyl (C=O) groups excluding carboxylic acids is 1. The second-order valence-electron chi connectivity index (χ2n) is 4.06. The van der Waals surface area contributed by atoms with Gasteiger partial charge in [-0.25, -0.2) is 4.79 Å². The molecule has 0 saturated heterocycles. The molecule has 1 unspecified atom stereocenters. The van der Waals surface area contributed by atoms with Crippen molar-refractivity contribution in [2.24, 2.45) is 0 Å². The van der Waals surface area contributed by atoms with Crippen LogP contribution in [0.5, 0.6) is 0 Å². The lowest BCUT2D eigenvalue weighted by Crippen LogP contribution is -2.22. The molecule has 0 aliphatic rings. The number of allylic oxidation sites excluding steroid dienone is 1.